The highest BCUT2D eigenvalue weighted by Crippen LogP contribution is 2.29. The molecule has 0 aliphatic rings. The van der Waals surface area contributed by atoms with Gasteiger partial charge < -0.3 is 0 Å². The quantitative estimate of drug-likeness (QED) is 0.492. The fraction of sp³-hybridized carbons (Fsp3) is 0.176. The van der Waals surface area contributed by atoms with Crippen LogP contribution in [0, 0.1) is 0 Å². The lowest BCUT2D eigenvalue weighted by atomic mass is 9.96. The van der Waals surface area contributed by atoms with E-state index in [2.05, 4.69) is 78.3 Å². The molecule has 3 aromatic carbocycles. The van der Waals surface area contributed by atoms with E-state index >= 15 is 0 Å². The van der Waals surface area contributed by atoms with Crippen LogP contribution in [0.2, 0.25) is 0 Å². The summed E-state index contributed by atoms with van der Waals surface area (Å²) >= 11 is 3.53. The van der Waals surface area contributed by atoms with E-state index < -0.39 is 0 Å². The van der Waals surface area contributed by atoms with Crippen molar-refractivity contribution in [3.05, 3.63) is 58.6 Å². The third-order valence-electron chi connectivity index (χ3n) is 3.49. The van der Waals surface area contributed by atoms with E-state index in [-0.39, 0.29) is 0 Å². The lowest BCUT2D eigenvalue weighted by Gasteiger charge is -2.09. The van der Waals surface area contributed by atoms with Gasteiger partial charge in [-0.1, -0.05) is 66.2 Å². The summed E-state index contributed by atoms with van der Waals surface area (Å²) in [5.41, 5.74) is 1.40. The number of rotatable bonds is 1. The normalized spacial score (nSPS) is 11.6. The SMILES string of the molecule is CC(C)c1ccc2c(ccc3cc(Br)ccc32)c1. The molecule has 0 saturated carbocycles. The first-order valence-electron chi connectivity index (χ1n) is 6.27. The van der Waals surface area contributed by atoms with E-state index in [4.69, 9.17) is 0 Å². The Hall–Kier alpha value is -1.34. The summed E-state index contributed by atoms with van der Waals surface area (Å²) < 4.78 is 1.13. The van der Waals surface area contributed by atoms with Crippen molar-refractivity contribution < 1.29 is 0 Å². The monoisotopic (exact) mass is 298 g/mol. The summed E-state index contributed by atoms with van der Waals surface area (Å²) in [5.74, 6) is 0.579. The maximum atomic E-state index is 3.53. The van der Waals surface area contributed by atoms with Crippen molar-refractivity contribution in [1.82, 2.24) is 0 Å². The Bertz CT molecular complexity index is 726. The van der Waals surface area contributed by atoms with Crippen LogP contribution < -0.4 is 0 Å². The molecule has 0 unspecified atom stereocenters. The van der Waals surface area contributed by atoms with Gasteiger partial charge in [0.1, 0.15) is 0 Å². The number of hydrogen-bond donors (Lipinski definition) is 0. The first kappa shape index (κ1) is 11.7. The van der Waals surface area contributed by atoms with Crippen LogP contribution in [-0.4, -0.2) is 0 Å². The van der Waals surface area contributed by atoms with E-state index in [0.717, 1.165) is 4.47 Å². The lowest BCUT2D eigenvalue weighted by molar-refractivity contribution is 0.869. The van der Waals surface area contributed by atoms with E-state index in [9.17, 15) is 0 Å². The van der Waals surface area contributed by atoms with Crippen molar-refractivity contribution >= 4 is 37.5 Å². The highest BCUT2D eigenvalue weighted by atomic mass is 79.9. The van der Waals surface area contributed by atoms with Crippen molar-refractivity contribution in [1.29, 1.82) is 0 Å². The average molecular weight is 299 g/mol. The third kappa shape index (κ3) is 1.93. The van der Waals surface area contributed by atoms with Crippen LogP contribution in [0.3, 0.4) is 0 Å². The van der Waals surface area contributed by atoms with Gasteiger partial charge in [-0.15, -0.1) is 0 Å². The maximum Gasteiger partial charge on any atom is 0.0181 e. The molecule has 3 aromatic rings. The zero-order valence-electron chi connectivity index (χ0n) is 10.6. The van der Waals surface area contributed by atoms with Crippen LogP contribution in [0.4, 0.5) is 0 Å². The van der Waals surface area contributed by atoms with Gasteiger partial charge in [0.2, 0.25) is 0 Å². The first-order chi connectivity index (χ1) is 8.65. The molecule has 0 heterocycles. The Kier molecular flexibility index (Phi) is 2.87. The zero-order chi connectivity index (χ0) is 12.7. The number of fused-ring (bicyclic) bond motifs is 3. The van der Waals surface area contributed by atoms with Gasteiger partial charge >= 0.3 is 0 Å². The highest BCUT2D eigenvalue weighted by molar-refractivity contribution is 9.10. The predicted molar refractivity (Wildman–Crippen MR) is 83.2 cm³/mol. The minimum absolute atomic E-state index is 0.579. The molecule has 0 bridgehead atoms. The Morgan fingerprint density at radius 1 is 0.778 bits per heavy atom. The van der Waals surface area contributed by atoms with Gasteiger partial charge in [-0.05, 0) is 45.2 Å². The van der Waals surface area contributed by atoms with Gasteiger partial charge in [0.05, 0.1) is 0 Å². The molecule has 0 nitrogen and oxygen atoms in total. The molecular weight excluding hydrogens is 284 g/mol. The van der Waals surface area contributed by atoms with Crippen molar-refractivity contribution in [2.24, 2.45) is 0 Å². The summed E-state index contributed by atoms with van der Waals surface area (Å²) in [5, 5.41) is 5.28. The number of hydrogen-bond acceptors (Lipinski definition) is 0. The molecule has 18 heavy (non-hydrogen) atoms. The molecule has 0 spiro atoms. The van der Waals surface area contributed by atoms with Gasteiger partial charge in [0.25, 0.3) is 0 Å². The second-order valence-electron chi connectivity index (χ2n) is 5.07. The average Bonchev–Trinajstić information content (AvgIpc) is 2.37. The van der Waals surface area contributed by atoms with Gasteiger partial charge in [0, 0.05) is 4.47 Å². The molecule has 0 amide bonds. The van der Waals surface area contributed by atoms with Crippen LogP contribution in [0.15, 0.2) is 53.0 Å². The van der Waals surface area contributed by atoms with Crippen molar-refractivity contribution in [3.8, 4) is 0 Å². The molecule has 0 atom stereocenters. The maximum absolute atomic E-state index is 3.53. The second kappa shape index (κ2) is 4.40. The van der Waals surface area contributed by atoms with Crippen molar-refractivity contribution in [3.63, 3.8) is 0 Å². The van der Waals surface area contributed by atoms with E-state index in [0.29, 0.717) is 5.92 Å². The molecule has 1 heteroatoms. The van der Waals surface area contributed by atoms with Gasteiger partial charge in [0.15, 0.2) is 0 Å². The largest absolute Gasteiger partial charge is 0.0587 e. The Labute approximate surface area is 116 Å². The molecule has 0 aromatic heterocycles. The predicted octanol–water partition coefficient (Wildman–Crippen LogP) is 5.88. The van der Waals surface area contributed by atoms with Crippen LogP contribution in [0.1, 0.15) is 25.3 Å². The smallest absolute Gasteiger partial charge is 0.0181 e. The Morgan fingerprint density at radius 2 is 1.39 bits per heavy atom. The first-order valence-corrected chi connectivity index (χ1v) is 7.06. The summed E-state index contributed by atoms with van der Waals surface area (Å²) in [6.07, 6.45) is 0. The van der Waals surface area contributed by atoms with Gasteiger partial charge in [-0.2, -0.15) is 0 Å². The molecule has 0 radical (unpaired) electrons. The van der Waals surface area contributed by atoms with Crippen LogP contribution in [-0.2, 0) is 0 Å². The summed E-state index contributed by atoms with van der Waals surface area (Å²) in [6.45, 7) is 4.47. The molecule has 0 aliphatic carbocycles. The molecule has 0 N–H and O–H groups in total. The van der Waals surface area contributed by atoms with E-state index in [1.54, 1.807) is 0 Å². The summed E-state index contributed by atoms with van der Waals surface area (Å²) in [7, 11) is 0. The molecule has 0 fully saturated rings. The Morgan fingerprint density at radius 3 is 2.06 bits per heavy atom. The van der Waals surface area contributed by atoms with E-state index in [1.807, 2.05) is 0 Å². The van der Waals surface area contributed by atoms with E-state index in [1.165, 1.54) is 27.1 Å². The topological polar surface area (TPSA) is 0 Å². The molecule has 3 rings (SSSR count). The van der Waals surface area contributed by atoms with Gasteiger partial charge in [-0.25, -0.2) is 0 Å². The Balaban J connectivity index is 2.35. The second-order valence-corrected chi connectivity index (χ2v) is 5.98. The third-order valence-corrected chi connectivity index (χ3v) is 3.98. The summed E-state index contributed by atoms with van der Waals surface area (Å²) in [4.78, 5) is 0. The lowest BCUT2D eigenvalue weighted by Crippen LogP contribution is -1.87. The minimum Gasteiger partial charge on any atom is -0.0587 e. The summed E-state index contributed by atoms with van der Waals surface area (Å²) in [6, 6.07) is 17.7. The van der Waals surface area contributed by atoms with Crippen LogP contribution in [0.5, 0.6) is 0 Å². The van der Waals surface area contributed by atoms with Crippen molar-refractivity contribution in [2.45, 2.75) is 19.8 Å². The molecule has 0 aliphatic heterocycles. The zero-order valence-corrected chi connectivity index (χ0v) is 12.2. The minimum atomic E-state index is 0.579. The number of halogens is 1. The van der Waals surface area contributed by atoms with Crippen molar-refractivity contribution in [2.75, 3.05) is 0 Å². The molecule has 90 valence electrons. The number of benzene rings is 3. The van der Waals surface area contributed by atoms with Gasteiger partial charge in [-0.3, -0.25) is 0 Å². The van der Waals surface area contributed by atoms with Crippen LogP contribution >= 0.6 is 15.9 Å². The standard InChI is InChI=1S/C17H15Br/c1-11(2)12-5-7-16-13(9-12)3-4-14-10-15(18)6-8-17(14)16/h3-11H,1-2H3. The molecular formula is C17H15Br. The fourth-order valence-corrected chi connectivity index (χ4v) is 2.80. The highest BCUT2D eigenvalue weighted by Gasteiger charge is 2.04. The molecule has 0 saturated heterocycles. The van der Waals surface area contributed by atoms with Crippen LogP contribution in [0.25, 0.3) is 21.5 Å². The fourth-order valence-electron chi connectivity index (χ4n) is 2.42.